The molecule has 0 aliphatic carbocycles. The summed E-state index contributed by atoms with van der Waals surface area (Å²) in [4.78, 5) is 0. The highest BCUT2D eigenvalue weighted by molar-refractivity contribution is 6.55. The molecule has 12 heavy (non-hydrogen) atoms. The monoisotopic (exact) mass is 206 g/mol. The highest BCUT2D eigenvalue weighted by atomic mass is 28.3. The van der Waals surface area contributed by atoms with Gasteiger partial charge in [0.25, 0.3) is 0 Å². The molecular weight excluding hydrogens is 195 g/mol. The van der Waals surface area contributed by atoms with Gasteiger partial charge in [-0.1, -0.05) is 19.1 Å². The molecule has 0 radical (unpaired) electrons. The lowest BCUT2D eigenvalue weighted by Gasteiger charge is -2.19. The van der Waals surface area contributed by atoms with E-state index in [9.17, 15) is 22.0 Å². The zero-order valence-electron chi connectivity index (χ0n) is 6.88. The van der Waals surface area contributed by atoms with Gasteiger partial charge in [0, 0.05) is 15.2 Å². The second-order valence-corrected chi connectivity index (χ2v) is 6.50. The first kappa shape index (κ1) is 11.9. The maximum absolute atomic E-state index is 12.2. The van der Waals surface area contributed by atoms with Crippen molar-refractivity contribution in [1.82, 2.24) is 0 Å². The van der Waals surface area contributed by atoms with E-state index in [0.29, 0.717) is 0 Å². The van der Waals surface area contributed by atoms with Crippen LogP contribution in [0.25, 0.3) is 0 Å². The Bertz CT molecular complexity index is 139. The minimum absolute atomic E-state index is 0.0203. The quantitative estimate of drug-likeness (QED) is 0.491. The van der Waals surface area contributed by atoms with Gasteiger partial charge in [-0.2, -0.15) is 22.0 Å². The largest absolute Gasteiger partial charge is 0.453 e. The average Bonchev–Trinajstić information content (AvgIpc) is 1.81. The zero-order chi connectivity index (χ0) is 9.99. The molecule has 0 aromatic carbocycles. The Hall–Kier alpha value is -0.133. The van der Waals surface area contributed by atoms with Gasteiger partial charge in [-0.3, -0.25) is 0 Å². The van der Waals surface area contributed by atoms with Crippen LogP contribution in [0.4, 0.5) is 22.0 Å². The Morgan fingerprint density at radius 1 is 1.00 bits per heavy atom. The molecule has 0 N–H and O–H groups in total. The van der Waals surface area contributed by atoms with E-state index in [1.54, 1.807) is 13.1 Å². The molecule has 0 fully saturated rings. The Kier molecular flexibility index (Phi) is 3.68. The molecule has 0 heterocycles. The molecule has 0 nitrogen and oxygen atoms in total. The van der Waals surface area contributed by atoms with E-state index in [-0.39, 0.29) is 6.04 Å². The van der Waals surface area contributed by atoms with E-state index in [2.05, 4.69) is 0 Å². The van der Waals surface area contributed by atoms with Crippen molar-refractivity contribution >= 4 is 8.80 Å². The smallest absolute Gasteiger partial charge is 0.196 e. The molecular formula is C6H11F5Si. The zero-order valence-corrected chi connectivity index (χ0v) is 8.04. The summed E-state index contributed by atoms with van der Waals surface area (Å²) < 4.78 is 59.0. The van der Waals surface area contributed by atoms with Gasteiger partial charge in [-0.15, -0.1) is 0 Å². The van der Waals surface area contributed by atoms with Gasteiger partial charge in [-0.25, -0.2) is 0 Å². The van der Waals surface area contributed by atoms with Crippen molar-refractivity contribution in [2.24, 2.45) is 0 Å². The van der Waals surface area contributed by atoms with E-state index in [4.69, 9.17) is 0 Å². The maximum Gasteiger partial charge on any atom is 0.453 e. The van der Waals surface area contributed by atoms with Gasteiger partial charge >= 0.3 is 12.1 Å². The van der Waals surface area contributed by atoms with Crippen LogP contribution in [-0.4, -0.2) is 20.9 Å². The van der Waals surface area contributed by atoms with E-state index in [0.717, 1.165) is 0 Å². The Morgan fingerprint density at radius 3 is 1.67 bits per heavy atom. The van der Waals surface area contributed by atoms with Gasteiger partial charge in [0.15, 0.2) is 0 Å². The van der Waals surface area contributed by atoms with Crippen LogP contribution in [0, 0.1) is 0 Å². The van der Waals surface area contributed by atoms with Gasteiger partial charge in [0.1, 0.15) is 0 Å². The third-order valence-corrected chi connectivity index (χ3v) is 2.89. The normalized spacial score (nSPS) is 14.0. The second-order valence-electron chi connectivity index (χ2n) is 3.13. The van der Waals surface area contributed by atoms with Crippen molar-refractivity contribution < 1.29 is 22.0 Å². The highest BCUT2D eigenvalue weighted by Crippen LogP contribution is 2.39. The molecule has 0 spiro atoms. The molecule has 0 saturated heterocycles. The summed E-state index contributed by atoms with van der Waals surface area (Å²) in [5.41, 5.74) is 0. The third-order valence-electron chi connectivity index (χ3n) is 1.45. The minimum atomic E-state index is -5.38. The molecule has 0 aliphatic heterocycles. The van der Waals surface area contributed by atoms with Crippen LogP contribution < -0.4 is 0 Å². The number of halogens is 5. The minimum Gasteiger partial charge on any atom is -0.196 e. The molecule has 0 amide bonds. The topological polar surface area (TPSA) is 0 Å². The van der Waals surface area contributed by atoms with E-state index in [1.807, 2.05) is 0 Å². The van der Waals surface area contributed by atoms with Crippen LogP contribution in [0.5, 0.6) is 0 Å². The van der Waals surface area contributed by atoms with Crippen molar-refractivity contribution in [3.05, 3.63) is 0 Å². The van der Waals surface area contributed by atoms with Gasteiger partial charge in [0.2, 0.25) is 0 Å². The lowest BCUT2D eigenvalue weighted by molar-refractivity contribution is -0.282. The summed E-state index contributed by atoms with van der Waals surface area (Å²) in [5, 5.41) is 0. The molecule has 74 valence electrons. The summed E-state index contributed by atoms with van der Waals surface area (Å²) in [5.74, 6) is -4.50. The van der Waals surface area contributed by atoms with Crippen LogP contribution in [0.1, 0.15) is 6.42 Å². The predicted molar refractivity (Wildman–Crippen MR) is 39.3 cm³/mol. The molecule has 0 bridgehead atoms. The van der Waals surface area contributed by atoms with Crippen molar-refractivity contribution in [3.63, 3.8) is 0 Å². The summed E-state index contributed by atoms with van der Waals surface area (Å²) in [6.45, 7) is 3.49. The Balaban J connectivity index is 4.05. The lowest BCUT2D eigenvalue weighted by atomic mass is 10.2. The fraction of sp³-hybridized carbons (Fsp3) is 1.00. The average molecular weight is 206 g/mol. The molecule has 0 aromatic heterocycles. The Labute approximate surface area is 69.4 Å². The lowest BCUT2D eigenvalue weighted by Crippen LogP contribution is -2.36. The molecule has 6 heteroatoms. The first-order valence-electron chi connectivity index (χ1n) is 3.61. The third kappa shape index (κ3) is 3.51. The predicted octanol–water partition coefficient (Wildman–Crippen LogP) is 3.06. The van der Waals surface area contributed by atoms with Crippen molar-refractivity contribution in [1.29, 1.82) is 0 Å². The number of rotatable bonds is 3. The van der Waals surface area contributed by atoms with Crippen LogP contribution in [0.15, 0.2) is 0 Å². The van der Waals surface area contributed by atoms with Crippen LogP contribution >= 0.6 is 0 Å². The first-order valence-corrected chi connectivity index (χ1v) is 6.74. The van der Waals surface area contributed by atoms with Gasteiger partial charge in [-0.05, 0) is 0 Å². The Morgan fingerprint density at radius 2 is 1.42 bits per heavy atom. The molecule has 0 aromatic rings. The summed E-state index contributed by atoms with van der Waals surface area (Å²) in [6, 6.07) is 0.0203. The first-order chi connectivity index (χ1) is 5.17. The number of alkyl halides is 5. The summed E-state index contributed by atoms with van der Waals surface area (Å²) in [6.07, 6.45) is -6.43. The van der Waals surface area contributed by atoms with Crippen LogP contribution in [0.3, 0.4) is 0 Å². The van der Waals surface area contributed by atoms with E-state index in [1.165, 1.54) is 0 Å². The van der Waals surface area contributed by atoms with Crippen molar-refractivity contribution in [2.75, 3.05) is 0 Å². The number of hydrogen-bond acceptors (Lipinski definition) is 0. The molecule has 0 rings (SSSR count). The van der Waals surface area contributed by atoms with Crippen LogP contribution in [-0.2, 0) is 0 Å². The summed E-state index contributed by atoms with van der Waals surface area (Å²) in [7, 11) is -1.32. The van der Waals surface area contributed by atoms with E-state index < -0.39 is 27.3 Å². The summed E-state index contributed by atoms with van der Waals surface area (Å²) >= 11 is 0. The molecule has 0 atom stereocenters. The van der Waals surface area contributed by atoms with Crippen molar-refractivity contribution in [2.45, 2.75) is 37.7 Å². The standard InChI is InChI=1S/C6H11F5Si/c1-12(2)4-3-5(7,8)6(9,10)11/h12H,3-4H2,1-2H3. The maximum atomic E-state index is 12.2. The fourth-order valence-corrected chi connectivity index (χ4v) is 1.55. The van der Waals surface area contributed by atoms with E-state index >= 15 is 0 Å². The SMILES string of the molecule is C[SiH](C)CCC(F)(F)C(F)(F)F. The van der Waals surface area contributed by atoms with Gasteiger partial charge in [0.05, 0.1) is 0 Å². The van der Waals surface area contributed by atoms with Crippen molar-refractivity contribution in [3.8, 4) is 0 Å². The van der Waals surface area contributed by atoms with Gasteiger partial charge < -0.3 is 0 Å². The number of hydrogen-bond donors (Lipinski definition) is 0. The fourth-order valence-electron chi connectivity index (χ4n) is 0.612. The molecule has 0 unspecified atom stereocenters. The molecule has 0 aliphatic rings. The van der Waals surface area contributed by atoms with Crippen LogP contribution in [0.2, 0.25) is 19.1 Å². The molecule has 0 saturated carbocycles. The highest BCUT2D eigenvalue weighted by Gasteiger charge is 2.56. The second kappa shape index (κ2) is 3.72.